The first-order valence-electron chi connectivity index (χ1n) is 6.43. The second kappa shape index (κ2) is 5.09. The van der Waals surface area contributed by atoms with Gasteiger partial charge < -0.3 is 9.30 Å². The number of fused-ring (bicyclic) bond motifs is 1. The maximum atomic E-state index is 12.7. The fourth-order valence-electron chi connectivity index (χ4n) is 2.21. The topological polar surface area (TPSA) is 20.5 Å². The molecule has 0 atom stereocenters. The molecule has 2 aromatic heterocycles. The summed E-state index contributed by atoms with van der Waals surface area (Å²) >= 11 is 0. The summed E-state index contributed by atoms with van der Waals surface area (Å²) in [5, 5.41) is 0. The maximum absolute atomic E-state index is 12.7. The summed E-state index contributed by atoms with van der Waals surface area (Å²) in [6, 6.07) is 2.20. The predicted octanol–water partition coefficient (Wildman–Crippen LogP) is 3.54. The molecule has 0 saturated heterocycles. The van der Waals surface area contributed by atoms with Crippen LogP contribution < -0.4 is 0 Å². The molecule has 110 valence electrons. The van der Waals surface area contributed by atoms with Crippen LogP contribution in [-0.2, 0) is 12.7 Å². The van der Waals surface area contributed by atoms with E-state index >= 15 is 0 Å². The number of nitrogens with zero attached hydrogens (tertiary/aromatic N) is 3. The minimum atomic E-state index is -4.34. The van der Waals surface area contributed by atoms with Crippen molar-refractivity contribution in [3.05, 3.63) is 35.3 Å². The molecule has 0 radical (unpaired) electrons. The van der Waals surface area contributed by atoms with Crippen LogP contribution in [-0.4, -0.2) is 28.4 Å². The monoisotopic (exact) mass is 285 g/mol. The molecular weight excluding hydrogens is 267 g/mol. The Morgan fingerprint density at radius 1 is 1.30 bits per heavy atom. The smallest absolute Gasteiger partial charge is 0.304 e. The van der Waals surface area contributed by atoms with Crippen LogP contribution in [0.1, 0.15) is 36.7 Å². The highest BCUT2D eigenvalue weighted by Crippen LogP contribution is 2.31. The summed E-state index contributed by atoms with van der Waals surface area (Å²) < 4.78 is 40.0. The standard InChI is InChI=1S/C14H18F3N3/c1-9(2)13-11(8-19(3)4)20-6-5-10(14(15,16)17)7-12(20)18-13/h5-7,9H,8H2,1-4H3. The van der Waals surface area contributed by atoms with Crippen molar-refractivity contribution in [2.24, 2.45) is 0 Å². The van der Waals surface area contributed by atoms with E-state index in [1.54, 1.807) is 4.40 Å². The second-order valence-corrected chi connectivity index (χ2v) is 5.48. The van der Waals surface area contributed by atoms with Gasteiger partial charge in [0, 0.05) is 12.7 Å². The zero-order valence-corrected chi connectivity index (χ0v) is 12.0. The van der Waals surface area contributed by atoms with Crippen molar-refractivity contribution < 1.29 is 13.2 Å². The lowest BCUT2D eigenvalue weighted by Gasteiger charge is -2.13. The molecule has 0 saturated carbocycles. The van der Waals surface area contributed by atoms with Gasteiger partial charge in [-0.05, 0) is 32.1 Å². The number of rotatable bonds is 3. The van der Waals surface area contributed by atoms with Crippen LogP contribution in [0.5, 0.6) is 0 Å². The zero-order chi connectivity index (χ0) is 15.1. The van der Waals surface area contributed by atoms with Crippen molar-refractivity contribution in [3.63, 3.8) is 0 Å². The van der Waals surface area contributed by atoms with Crippen LogP contribution in [0.25, 0.3) is 5.65 Å². The maximum Gasteiger partial charge on any atom is 0.416 e. The number of pyridine rings is 1. The van der Waals surface area contributed by atoms with Crippen LogP contribution >= 0.6 is 0 Å². The lowest BCUT2D eigenvalue weighted by atomic mass is 10.1. The number of hydrogen-bond donors (Lipinski definition) is 0. The van der Waals surface area contributed by atoms with Crippen LogP contribution in [0.3, 0.4) is 0 Å². The van der Waals surface area contributed by atoms with Gasteiger partial charge in [0.15, 0.2) is 0 Å². The van der Waals surface area contributed by atoms with Gasteiger partial charge in [0.2, 0.25) is 0 Å². The van der Waals surface area contributed by atoms with E-state index in [4.69, 9.17) is 0 Å². The first-order chi connectivity index (χ1) is 9.20. The summed E-state index contributed by atoms with van der Waals surface area (Å²) in [6.45, 7) is 4.62. The fraction of sp³-hybridized carbons (Fsp3) is 0.500. The average molecular weight is 285 g/mol. The van der Waals surface area contributed by atoms with E-state index < -0.39 is 11.7 Å². The molecule has 2 rings (SSSR count). The number of hydrogen-bond acceptors (Lipinski definition) is 2. The van der Waals surface area contributed by atoms with Gasteiger partial charge >= 0.3 is 6.18 Å². The fourth-order valence-corrected chi connectivity index (χ4v) is 2.21. The molecule has 0 aliphatic rings. The van der Waals surface area contributed by atoms with E-state index in [-0.39, 0.29) is 5.92 Å². The van der Waals surface area contributed by atoms with Crippen molar-refractivity contribution >= 4 is 5.65 Å². The minimum Gasteiger partial charge on any atom is -0.304 e. The first kappa shape index (κ1) is 14.8. The molecule has 0 spiro atoms. The van der Waals surface area contributed by atoms with E-state index in [0.29, 0.717) is 12.2 Å². The van der Waals surface area contributed by atoms with E-state index in [0.717, 1.165) is 23.5 Å². The average Bonchev–Trinajstić information content (AvgIpc) is 2.65. The molecule has 0 bridgehead atoms. The van der Waals surface area contributed by atoms with Gasteiger partial charge in [0.1, 0.15) is 5.65 Å². The Morgan fingerprint density at radius 3 is 2.45 bits per heavy atom. The van der Waals surface area contributed by atoms with E-state index in [9.17, 15) is 13.2 Å². The van der Waals surface area contributed by atoms with E-state index in [1.807, 2.05) is 32.8 Å². The Balaban J connectivity index is 2.61. The largest absolute Gasteiger partial charge is 0.416 e. The van der Waals surface area contributed by atoms with Gasteiger partial charge in [-0.25, -0.2) is 4.98 Å². The van der Waals surface area contributed by atoms with E-state index in [1.165, 1.54) is 6.20 Å². The zero-order valence-electron chi connectivity index (χ0n) is 12.0. The van der Waals surface area contributed by atoms with Crippen LogP contribution in [0.4, 0.5) is 13.2 Å². The van der Waals surface area contributed by atoms with Gasteiger partial charge in [-0.2, -0.15) is 13.2 Å². The van der Waals surface area contributed by atoms with Gasteiger partial charge in [0.05, 0.1) is 17.0 Å². The summed E-state index contributed by atoms with van der Waals surface area (Å²) in [7, 11) is 3.85. The van der Waals surface area contributed by atoms with Crippen molar-refractivity contribution in [1.82, 2.24) is 14.3 Å². The third-order valence-electron chi connectivity index (χ3n) is 3.10. The normalized spacial score (nSPS) is 12.8. The van der Waals surface area contributed by atoms with Crippen molar-refractivity contribution in [2.75, 3.05) is 14.1 Å². The van der Waals surface area contributed by atoms with E-state index in [2.05, 4.69) is 4.98 Å². The molecule has 3 nitrogen and oxygen atoms in total. The third-order valence-corrected chi connectivity index (χ3v) is 3.10. The molecule has 0 fully saturated rings. The van der Waals surface area contributed by atoms with Crippen molar-refractivity contribution in [1.29, 1.82) is 0 Å². The van der Waals surface area contributed by atoms with Gasteiger partial charge in [0.25, 0.3) is 0 Å². The van der Waals surface area contributed by atoms with Crippen LogP contribution in [0.15, 0.2) is 18.3 Å². The quantitative estimate of drug-likeness (QED) is 0.860. The Kier molecular flexibility index (Phi) is 3.77. The lowest BCUT2D eigenvalue weighted by Crippen LogP contribution is -2.14. The summed E-state index contributed by atoms with van der Waals surface area (Å²) in [4.78, 5) is 6.35. The molecule has 6 heteroatoms. The van der Waals surface area contributed by atoms with Gasteiger partial charge in [-0.3, -0.25) is 0 Å². The Hall–Kier alpha value is -1.56. The molecule has 0 aliphatic heterocycles. The minimum absolute atomic E-state index is 0.166. The molecule has 20 heavy (non-hydrogen) atoms. The summed E-state index contributed by atoms with van der Waals surface area (Å²) in [5.74, 6) is 0.166. The Labute approximate surface area is 116 Å². The molecule has 0 N–H and O–H groups in total. The molecule has 0 aromatic carbocycles. The second-order valence-electron chi connectivity index (χ2n) is 5.48. The van der Waals surface area contributed by atoms with Gasteiger partial charge in [-0.1, -0.05) is 13.8 Å². The van der Waals surface area contributed by atoms with Crippen LogP contribution in [0, 0.1) is 0 Å². The summed E-state index contributed by atoms with van der Waals surface area (Å²) in [5.41, 5.74) is 1.47. The molecule has 2 heterocycles. The molecule has 0 amide bonds. The lowest BCUT2D eigenvalue weighted by molar-refractivity contribution is -0.137. The Morgan fingerprint density at radius 2 is 1.95 bits per heavy atom. The van der Waals surface area contributed by atoms with Crippen LogP contribution in [0.2, 0.25) is 0 Å². The Bertz CT molecular complexity index is 612. The third kappa shape index (κ3) is 2.80. The SMILES string of the molecule is CC(C)c1nc2cc(C(F)(F)F)ccn2c1CN(C)C. The molecule has 0 aliphatic carbocycles. The highest BCUT2D eigenvalue weighted by molar-refractivity contribution is 5.47. The number of imidazole rings is 1. The number of halogens is 3. The molecular formula is C14H18F3N3. The highest BCUT2D eigenvalue weighted by Gasteiger charge is 2.31. The van der Waals surface area contributed by atoms with Crippen molar-refractivity contribution in [3.8, 4) is 0 Å². The molecule has 0 unspecified atom stereocenters. The molecule has 2 aromatic rings. The number of aromatic nitrogens is 2. The predicted molar refractivity (Wildman–Crippen MR) is 71.7 cm³/mol. The number of alkyl halides is 3. The highest BCUT2D eigenvalue weighted by atomic mass is 19.4. The van der Waals surface area contributed by atoms with Crippen molar-refractivity contribution in [2.45, 2.75) is 32.5 Å². The summed E-state index contributed by atoms with van der Waals surface area (Å²) in [6.07, 6.45) is -2.89. The first-order valence-corrected chi connectivity index (χ1v) is 6.43. The van der Waals surface area contributed by atoms with Gasteiger partial charge in [-0.15, -0.1) is 0 Å².